The van der Waals surface area contributed by atoms with Gasteiger partial charge < -0.3 is 4.90 Å². The Kier molecular flexibility index (Phi) is 8.95. The molecule has 0 aliphatic carbocycles. The molecule has 10 aromatic carbocycles. The van der Waals surface area contributed by atoms with Gasteiger partial charge in [-0.05, 0) is 114 Å². The average molecular weight is 726 g/mol. The summed E-state index contributed by atoms with van der Waals surface area (Å²) in [5.41, 5.74) is 15.2. The van der Waals surface area contributed by atoms with Crippen molar-refractivity contribution in [2.24, 2.45) is 0 Å². The van der Waals surface area contributed by atoms with E-state index in [-0.39, 0.29) is 0 Å². The van der Waals surface area contributed by atoms with Gasteiger partial charge in [0, 0.05) is 16.9 Å². The summed E-state index contributed by atoms with van der Waals surface area (Å²) < 4.78 is 0. The average Bonchev–Trinajstić information content (AvgIpc) is 3.30. The van der Waals surface area contributed by atoms with E-state index in [1.165, 1.54) is 71.6 Å². The molecule has 10 rings (SSSR count). The second-order valence-electron chi connectivity index (χ2n) is 14.6. The fourth-order valence-corrected chi connectivity index (χ4v) is 8.16. The molecule has 0 aliphatic heterocycles. The highest BCUT2D eigenvalue weighted by Gasteiger charge is 2.20. The molecule has 0 bridgehead atoms. The highest BCUT2D eigenvalue weighted by atomic mass is 15.1. The van der Waals surface area contributed by atoms with Crippen molar-refractivity contribution in [2.75, 3.05) is 4.90 Å². The van der Waals surface area contributed by atoms with Crippen LogP contribution >= 0.6 is 0 Å². The maximum Gasteiger partial charge on any atom is 0.0546 e. The zero-order chi connectivity index (χ0) is 38.0. The minimum Gasteiger partial charge on any atom is -0.310 e. The van der Waals surface area contributed by atoms with Crippen LogP contribution in [0, 0.1) is 0 Å². The number of fused-ring (bicyclic) bond motifs is 2. The summed E-state index contributed by atoms with van der Waals surface area (Å²) in [6.45, 7) is 0. The first-order valence-electron chi connectivity index (χ1n) is 19.6. The van der Waals surface area contributed by atoms with Crippen molar-refractivity contribution in [1.29, 1.82) is 0 Å². The summed E-state index contributed by atoms with van der Waals surface area (Å²) >= 11 is 0. The normalized spacial score (nSPS) is 11.2. The SMILES string of the molecule is c1ccc(-c2cccc(-c3ccc(N(c4cccc(-c5cccc6ccccc56)c4)c4cc(-c5ccc6ccccc6c5)ccc4-c4ccccc4)cc3)c2)cc1. The van der Waals surface area contributed by atoms with E-state index in [2.05, 4.69) is 241 Å². The molecule has 268 valence electrons. The summed E-state index contributed by atoms with van der Waals surface area (Å²) in [7, 11) is 0. The fraction of sp³-hybridized carbons (Fsp3) is 0. The molecule has 57 heavy (non-hydrogen) atoms. The van der Waals surface area contributed by atoms with E-state index in [1.54, 1.807) is 0 Å². The van der Waals surface area contributed by atoms with Crippen LogP contribution in [0.1, 0.15) is 0 Å². The van der Waals surface area contributed by atoms with Gasteiger partial charge in [0.15, 0.2) is 0 Å². The molecule has 0 N–H and O–H groups in total. The van der Waals surface area contributed by atoms with Crippen LogP contribution in [-0.4, -0.2) is 0 Å². The molecule has 0 aromatic heterocycles. The second-order valence-corrected chi connectivity index (χ2v) is 14.6. The van der Waals surface area contributed by atoms with Gasteiger partial charge in [0.1, 0.15) is 0 Å². The summed E-state index contributed by atoms with van der Waals surface area (Å²) in [6, 6.07) is 85.8. The second kappa shape index (κ2) is 15.0. The van der Waals surface area contributed by atoms with E-state index in [1.807, 2.05) is 0 Å². The van der Waals surface area contributed by atoms with E-state index in [4.69, 9.17) is 0 Å². The Balaban J connectivity index is 1.16. The lowest BCUT2D eigenvalue weighted by molar-refractivity contribution is 1.28. The van der Waals surface area contributed by atoms with Gasteiger partial charge in [-0.2, -0.15) is 0 Å². The number of hydrogen-bond donors (Lipinski definition) is 0. The highest BCUT2D eigenvalue weighted by Crippen LogP contribution is 2.45. The number of rotatable bonds is 8. The number of nitrogens with zero attached hydrogens (tertiary/aromatic N) is 1. The van der Waals surface area contributed by atoms with Crippen LogP contribution in [0.2, 0.25) is 0 Å². The lowest BCUT2D eigenvalue weighted by atomic mass is 9.94. The minimum atomic E-state index is 1.08. The minimum absolute atomic E-state index is 1.08. The molecular weight excluding hydrogens is 687 g/mol. The lowest BCUT2D eigenvalue weighted by Crippen LogP contribution is -2.11. The highest BCUT2D eigenvalue weighted by molar-refractivity contribution is 5.98. The zero-order valence-electron chi connectivity index (χ0n) is 31.5. The van der Waals surface area contributed by atoms with Crippen LogP contribution in [0.3, 0.4) is 0 Å². The van der Waals surface area contributed by atoms with Gasteiger partial charge in [-0.3, -0.25) is 0 Å². The number of hydrogen-bond acceptors (Lipinski definition) is 1. The van der Waals surface area contributed by atoms with E-state index < -0.39 is 0 Å². The van der Waals surface area contributed by atoms with Gasteiger partial charge in [-0.1, -0.05) is 194 Å². The Hall–Kier alpha value is -7.48. The fourth-order valence-electron chi connectivity index (χ4n) is 8.16. The van der Waals surface area contributed by atoms with Crippen LogP contribution in [0.4, 0.5) is 17.1 Å². The monoisotopic (exact) mass is 725 g/mol. The van der Waals surface area contributed by atoms with Gasteiger partial charge in [-0.25, -0.2) is 0 Å². The summed E-state index contributed by atoms with van der Waals surface area (Å²) in [4.78, 5) is 2.44. The third-order valence-corrected chi connectivity index (χ3v) is 11.0. The predicted molar refractivity (Wildman–Crippen MR) is 243 cm³/mol. The maximum absolute atomic E-state index is 2.44. The molecule has 0 saturated carbocycles. The molecular formula is C56H39N. The third kappa shape index (κ3) is 6.77. The van der Waals surface area contributed by atoms with E-state index in [0.29, 0.717) is 0 Å². The van der Waals surface area contributed by atoms with Gasteiger partial charge in [-0.15, -0.1) is 0 Å². The topological polar surface area (TPSA) is 3.24 Å². The Morgan fingerprint density at radius 3 is 1.54 bits per heavy atom. The van der Waals surface area contributed by atoms with Crippen molar-refractivity contribution in [3.63, 3.8) is 0 Å². The third-order valence-electron chi connectivity index (χ3n) is 11.0. The molecule has 1 nitrogen and oxygen atoms in total. The van der Waals surface area contributed by atoms with Gasteiger partial charge >= 0.3 is 0 Å². The molecule has 0 saturated heterocycles. The van der Waals surface area contributed by atoms with Crippen molar-refractivity contribution in [2.45, 2.75) is 0 Å². The van der Waals surface area contributed by atoms with Crippen LogP contribution < -0.4 is 4.90 Å². The van der Waals surface area contributed by atoms with Gasteiger partial charge in [0.05, 0.1) is 5.69 Å². The van der Waals surface area contributed by atoms with E-state index >= 15 is 0 Å². The Morgan fingerprint density at radius 2 is 0.754 bits per heavy atom. The smallest absolute Gasteiger partial charge is 0.0546 e. The molecule has 0 fully saturated rings. The van der Waals surface area contributed by atoms with Crippen molar-refractivity contribution < 1.29 is 0 Å². The Bertz CT molecular complexity index is 2990. The van der Waals surface area contributed by atoms with Gasteiger partial charge in [0.2, 0.25) is 0 Å². The molecule has 1 heteroatoms. The van der Waals surface area contributed by atoms with E-state index in [9.17, 15) is 0 Å². The first kappa shape index (κ1) is 34.0. The molecule has 0 aliphatic rings. The molecule has 0 atom stereocenters. The largest absolute Gasteiger partial charge is 0.310 e. The van der Waals surface area contributed by atoms with Gasteiger partial charge in [0.25, 0.3) is 0 Å². The molecule has 10 aromatic rings. The Morgan fingerprint density at radius 1 is 0.228 bits per heavy atom. The van der Waals surface area contributed by atoms with Crippen LogP contribution in [0.15, 0.2) is 237 Å². The molecule has 0 radical (unpaired) electrons. The van der Waals surface area contributed by atoms with Crippen molar-refractivity contribution in [1.82, 2.24) is 0 Å². The molecule has 0 unspecified atom stereocenters. The van der Waals surface area contributed by atoms with Crippen LogP contribution in [0.5, 0.6) is 0 Å². The lowest BCUT2D eigenvalue weighted by Gasteiger charge is -2.29. The van der Waals surface area contributed by atoms with Crippen molar-refractivity contribution >= 4 is 38.6 Å². The zero-order valence-corrected chi connectivity index (χ0v) is 31.5. The first-order valence-corrected chi connectivity index (χ1v) is 19.6. The number of anilines is 3. The Labute approximate surface area is 334 Å². The number of benzene rings is 10. The quantitative estimate of drug-likeness (QED) is 0.151. The van der Waals surface area contributed by atoms with E-state index in [0.717, 1.165) is 22.6 Å². The molecule has 0 amide bonds. The predicted octanol–water partition coefficient (Wildman–Crippen LogP) is 15.8. The summed E-state index contributed by atoms with van der Waals surface area (Å²) in [6.07, 6.45) is 0. The van der Waals surface area contributed by atoms with Crippen LogP contribution in [0.25, 0.3) is 77.2 Å². The molecule has 0 heterocycles. The maximum atomic E-state index is 2.44. The van der Waals surface area contributed by atoms with Crippen molar-refractivity contribution in [3.8, 4) is 55.6 Å². The standard InChI is InChI=1S/C56H39N/c1-3-14-40(15-4-1)46-22-11-23-47(36-46)42-30-33-51(34-31-42)57(52-25-12-24-50(38-52)54-27-13-21-43-19-9-10-26-53(43)54)56-39-49(32-35-55(56)44-17-5-2-6-18-44)48-29-28-41-16-7-8-20-45(41)37-48/h1-39H. The van der Waals surface area contributed by atoms with Crippen LogP contribution in [-0.2, 0) is 0 Å². The molecule has 0 spiro atoms. The first-order chi connectivity index (χ1) is 28.2. The van der Waals surface area contributed by atoms with Crippen molar-refractivity contribution in [3.05, 3.63) is 237 Å². The summed E-state index contributed by atoms with van der Waals surface area (Å²) in [5.74, 6) is 0. The summed E-state index contributed by atoms with van der Waals surface area (Å²) in [5, 5.41) is 4.95.